The van der Waals surface area contributed by atoms with Crippen molar-refractivity contribution >= 4 is 0 Å². The fraction of sp³-hybridized carbons (Fsp3) is 1.00. The van der Waals surface area contributed by atoms with E-state index in [1.165, 1.54) is 32.4 Å². The Morgan fingerprint density at radius 3 is 2.33 bits per heavy atom. The van der Waals surface area contributed by atoms with Gasteiger partial charge in [-0.1, -0.05) is 33.6 Å². The smallest absolute Gasteiger partial charge is 0.0667 e. The second-order valence-corrected chi connectivity index (χ2v) is 5.41. The molecule has 1 aliphatic rings. The van der Waals surface area contributed by atoms with Gasteiger partial charge in [-0.15, -0.1) is 0 Å². The molecule has 0 aliphatic carbocycles. The Hall–Kier alpha value is -0.0800. The SMILES string of the molecule is CCCC(O)CN1CCC(C)(CC)CC1. The molecule has 2 nitrogen and oxygen atoms in total. The molecule has 0 aromatic carbocycles. The third-order valence-electron chi connectivity index (χ3n) is 4.01. The normalized spacial score (nSPS) is 24.0. The van der Waals surface area contributed by atoms with E-state index in [1.807, 2.05) is 0 Å². The highest BCUT2D eigenvalue weighted by Crippen LogP contribution is 2.33. The van der Waals surface area contributed by atoms with Gasteiger partial charge in [0, 0.05) is 6.54 Å². The summed E-state index contributed by atoms with van der Waals surface area (Å²) in [5, 5.41) is 9.75. The third-order valence-corrected chi connectivity index (χ3v) is 4.01. The molecule has 1 saturated heterocycles. The predicted octanol–water partition coefficient (Wildman–Crippen LogP) is 2.66. The molecular weight excluding hydrogens is 186 g/mol. The molecule has 1 rings (SSSR count). The summed E-state index contributed by atoms with van der Waals surface area (Å²) >= 11 is 0. The zero-order valence-corrected chi connectivity index (χ0v) is 10.6. The number of likely N-dealkylation sites (tertiary alicyclic amines) is 1. The number of β-amino-alcohol motifs (C(OH)–C–C–N with tert-alkyl or cyclic N) is 1. The summed E-state index contributed by atoms with van der Waals surface area (Å²) in [6, 6.07) is 0. The Morgan fingerprint density at radius 1 is 1.27 bits per heavy atom. The van der Waals surface area contributed by atoms with Crippen LogP contribution in [0.4, 0.5) is 0 Å². The first-order valence-electron chi connectivity index (χ1n) is 6.50. The number of aliphatic hydroxyl groups excluding tert-OH is 1. The largest absolute Gasteiger partial charge is 0.392 e. The van der Waals surface area contributed by atoms with Gasteiger partial charge in [-0.05, 0) is 37.8 Å². The van der Waals surface area contributed by atoms with Crippen molar-refractivity contribution in [1.29, 1.82) is 0 Å². The Bertz CT molecular complexity index is 173. The van der Waals surface area contributed by atoms with Crippen molar-refractivity contribution in [3.05, 3.63) is 0 Å². The first-order chi connectivity index (χ1) is 7.09. The maximum atomic E-state index is 9.75. The first kappa shape index (κ1) is 13.0. The minimum absolute atomic E-state index is 0.110. The second kappa shape index (κ2) is 5.86. The van der Waals surface area contributed by atoms with Crippen LogP contribution in [0.15, 0.2) is 0 Å². The third kappa shape index (κ3) is 4.12. The van der Waals surface area contributed by atoms with Gasteiger partial charge in [-0.25, -0.2) is 0 Å². The summed E-state index contributed by atoms with van der Waals surface area (Å²) in [4.78, 5) is 2.43. The Balaban J connectivity index is 2.25. The van der Waals surface area contributed by atoms with Gasteiger partial charge in [0.15, 0.2) is 0 Å². The summed E-state index contributed by atoms with van der Waals surface area (Å²) in [7, 11) is 0. The van der Waals surface area contributed by atoms with Gasteiger partial charge in [0.1, 0.15) is 0 Å². The van der Waals surface area contributed by atoms with E-state index >= 15 is 0 Å². The molecular formula is C13H27NO. The van der Waals surface area contributed by atoms with Crippen LogP contribution in [0.3, 0.4) is 0 Å². The summed E-state index contributed by atoms with van der Waals surface area (Å²) < 4.78 is 0. The fourth-order valence-electron chi connectivity index (χ4n) is 2.35. The highest BCUT2D eigenvalue weighted by atomic mass is 16.3. The molecule has 1 fully saturated rings. The van der Waals surface area contributed by atoms with Gasteiger partial charge < -0.3 is 10.0 Å². The molecule has 90 valence electrons. The van der Waals surface area contributed by atoms with Crippen LogP contribution in [-0.2, 0) is 0 Å². The molecule has 0 aromatic rings. The molecule has 2 heteroatoms. The molecule has 0 saturated carbocycles. The van der Waals surface area contributed by atoms with E-state index in [0.29, 0.717) is 5.41 Å². The molecule has 1 unspecified atom stereocenters. The van der Waals surface area contributed by atoms with Gasteiger partial charge in [0.25, 0.3) is 0 Å². The van der Waals surface area contributed by atoms with E-state index in [4.69, 9.17) is 0 Å². The monoisotopic (exact) mass is 213 g/mol. The molecule has 0 spiro atoms. The zero-order chi connectivity index (χ0) is 11.3. The van der Waals surface area contributed by atoms with E-state index < -0.39 is 0 Å². The van der Waals surface area contributed by atoms with Crippen LogP contribution in [0.5, 0.6) is 0 Å². The summed E-state index contributed by atoms with van der Waals surface area (Å²) in [6.45, 7) is 10.0. The number of hydrogen-bond acceptors (Lipinski definition) is 2. The molecule has 1 heterocycles. The summed E-state index contributed by atoms with van der Waals surface area (Å²) in [5.74, 6) is 0. The molecule has 0 bridgehead atoms. The lowest BCUT2D eigenvalue weighted by Gasteiger charge is -2.39. The minimum atomic E-state index is -0.110. The Kier molecular flexibility index (Phi) is 5.07. The standard InChI is InChI=1S/C13H27NO/c1-4-6-12(15)11-14-9-7-13(3,5-2)8-10-14/h12,15H,4-11H2,1-3H3. The van der Waals surface area contributed by atoms with Crippen LogP contribution in [0.25, 0.3) is 0 Å². The second-order valence-electron chi connectivity index (χ2n) is 5.41. The van der Waals surface area contributed by atoms with Gasteiger partial charge in [-0.2, -0.15) is 0 Å². The average molecular weight is 213 g/mol. The maximum absolute atomic E-state index is 9.75. The lowest BCUT2D eigenvalue weighted by Crippen LogP contribution is -2.42. The summed E-state index contributed by atoms with van der Waals surface area (Å²) in [5.41, 5.74) is 0.562. The van der Waals surface area contributed by atoms with Crippen LogP contribution in [0, 0.1) is 5.41 Å². The van der Waals surface area contributed by atoms with Gasteiger partial charge in [0.05, 0.1) is 6.10 Å². The van der Waals surface area contributed by atoms with Gasteiger partial charge >= 0.3 is 0 Å². The summed E-state index contributed by atoms with van der Waals surface area (Å²) in [6.07, 6.45) is 5.80. The topological polar surface area (TPSA) is 23.5 Å². The zero-order valence-electron chi connectivity index (χ0n) is 10.6. The molecule has 1 aliphatic heterocycles. The van der Waals surface area contributed by atoms with Crippen LogP contribution >= 0.6 is 0 Å². The Labute approximate surface area is 94.7 Å². The van der Waals surface area contributed by atoms with Crippen LogP contribution < -0.4 is 0 Å². The molecule has 0 amide bonds. The van der Waals surface area contributed by atoms with Gasteiger partial charge in [-0.3, -0.25) is 0 Å². The van der Waals surface area contributed by atoms with Crippen LogP contribution in [0.1, 0.15) is 52.9 Å². The number of hydrogen-bond donors (Lipinski definition) is 1. The lowest BCUT2D eigenvalue weighted by atomic mass is 9.78. The molecule has 1 N–H and O–H groups in total. The average Bonchev–Trinajstić information content (AvgIpc) is 2.22. The van der Waals surface area contributed by atoms with Crippen molar-refractivity contribution in [3.63, 3.8) is 0 Å². The minimum Gasteiger partial charge on any atom is -0.392 e. The fourth-order valence-corrected chi connectivity index (χ4v) is 2.35. The van der Waals surface area contributed by atoms with Crippen molar-refractivity contribution in [2.24, 2.45) is 5.41 Å². The number of rotatable bonds is 5. The van der Waals surface area contributed by atoms with Gasteiger partial charge in [0.2, 0.25) is 0 Å². The van der Waals surface area contributed by atoms with Crippen LogP contribution in [0.2, 0.25) is 0 Å². The quantitative estimate of drug-likeness (QED) is 0.759. The van der Waals surface area contributed by atoms with E-state index in [9.17, 15) is 5.11 Å². The maximum Gasteiger partial charge on any atom is 0.0667 e. The van der Waals surface area contributed by atoms with E-state index in [1.54, 1.807) is 0 Å². The lowest BCUT2D eigenvalue weighted by molar-refractivity contribution is 0.0591. The molecule has 0 aromatic heterocycles. The van der Waals surface area contributed by atoms with Crippen molar-refractivity contribution in [2.75, 3.05) is 19.6 Å². The molecule has 1 atom stereocenters. The highest BCUT2D eigenvalue weighted by Gasteiger charge is 2.28. The van der Waals surface area contributed by atoms with E-state index in [-0.39, 0.29) is 6.10 Å². The number of aliphatic hydroxyl groups is 1. The van der Waals surface area contributed by atoms with Crippen molar-refractivity contribution in [2.45, 2.75) is 59.0 Å². The van der Waals surface area contributed by atoms with Crippen molar-refractivity contribution in [1.82, 2.24) is 4.90 Å². The Morgan fingerprint density at radius 2 is 1.87 bits per heavy atom. The highest BCUT2D eigenvalue weighted by molar-refractivity contribution is 4.82. The molecule has 15 heavy (non-hydrogen) atoms. The van der Waals surface area contributed by atoms with E-state index in [2.05, 4.69) is 25.7 Å². The molecule has 0 radical (unpaired) electrons. The predicted molar refractivity (Wildman–Crippen MR) is 65.0 cm³/mol. The van der Waals surface area contributed by atoms with Crippen molar-refractivity contribution in [3.8, 4) is 0 Å². The number of piperidine rings is 1. The van der Waals surface area contributed by atoms with Crippen molar-refractivity contribution < 1.29 is 5.11 Å². The van der Waals surface area contributed by atoms with E-state index in [0.717, 1.165) is 19.4 Å². The van der Waals surface area contributed by atoms with Crippen LogP contribution in [-0.4, -0.2) is 35.7 Å². The number of nitrogens with zero attached hydrogens (tertiary/aromatic N) is 1. The first-order valence-corrected chi connectivity index (χ1v) is 6.50.